The number of nitrogens with one attached hydrogen (secondary N) is 1. The standard InChI is InChI=1S/C16H18N2O2/c1-19-15-7-3-4-11-8-13(20-16(11)15)10-18-14-6-2-5-12(14)9-17/h3-4,7-8,12,14,18H,2,5-6,10H2,1H3. The second-order valence-corrected chi connectivity index (χ2v) is 5.25. The highest BCUT2D eigenvalue weighted by Crippen LogP contribution is 2.29. The smallest absolute Gasteiger partial charge is 0.176 e. The van der Waals surface area contributed by atoms with Gasteiger partial charge in [-0.2, -0.15) is 5.26 Å². The average Bonchev–Trinajstić information content (AvgIpc) is 3.10. The quantitative estimate of drug-likeness (QED) is 0.926. The third kappa shape index (κ3) is 2.37. The van der Waals surface area contributed by atoms with Crippen LogP contribution in [-0.4, -0.2) is 13.2 Å². The van der Waals surface area contributed by atoms with E-state index in [9.17, 15) is 0 Å². The molecule has 0 amide bonds. The van der Waals surface area contributed by atoms with E-state index in [1.807, 2.05) is 24.3 Å². The molecule has 1 saturated carbocycles. The Balaban J connectivity index is 1.74. The van der Waals surface area contributed by atoms with Gasteiger partial charge >= 0.3 is 0 Å². The van der Waals surface area contributed by atoms with Crippen molar-refractivity contribution in [3.8, 4) is 11.8 Å². The summed E-state index contributed by atoms with van der Waals surface area (Å²) in [6.45, 7) is 0.653. The molecule has 2 atom stereocenters. The lowest BCUT2D eigenvalue weighted by Crippen LogP contribution is -2.31. The van der Waals surface area contributed by atoms with E-state index in [4.69, 9.17) is 14.4 Å². The molecule has 3 rings (SSSR count). The van der Waals surface area contributed by atoms with Crippen molar-refractivity contribution in [2.45, 2.75) is 31.8 Å². The van der Waals surface area contributed by atoms with Crippen LogP contribution in [0, 0.1) is 17.2 Å². The van der Waals surface area contributed by atoms with Crippen molar-refractivity contribution < 1.29 is 9.15 Å². The highest BCUT2D eigenvalue weighted by atomic mass is 16.5. The molecule has 1 fully saturated rings. The van der Waals surface area contributed by atoms with E-state index in [0.717, 1.165) is 41.7 Å². The molecule has 4 nitrogen and oxygen atoms in total. The molecule has 20 heavy (non-hydrogen) atoms. The maximum absolute atomic E-state index is 9.09. The van der Waals surface area contributed by atoms with Crippen molar-refractivity contribution in [1.82, 2.24) is 5.32 Å². The maximum Gasteiger partial charge on any atom is 0.176 e. The van der Waals surface area contributed by atoms with Crippen LogP contribution in [0.1, 0.15) is 25.0 Å². The van der Waals surface area contributed by atoms with Gasteiger partial charge in [-0.3, -0.25) is 0 Å². The molecular formula is C16H18N2O2. The summed E-state index contributed by atoms with van der Waals surface area (Å²) in [5.41, 5.74) is 0.787. The zero-order valence-electron chi connectivity index (χ0n) is 11.6. The van der Waals surface area contributed by atoms with Gasteiger partial charge in [-0.05, 0) is 25.0 Å². The number of hydrogen-bond acceptors (Lipinski definition) is 4. The summed E-state index contributed by atoms with van der Waals surface area (Å²) in [6.07, 6.45) is 3.20. The Bertz CT molecular complexity index is 641. The van der Waals surface area contributed by atoms with Gasteiger partial charge in [-0.15, -0.1) is 0 Å². The van der Waals surface area contributed by atoms with Crippen LogP contribution < -0.4 is 10.1 Å². The van der Waals surface area contributed by atoms with Gasteiger partial charge in [0, 0.05) is 11.4 Å². The molecule has 0 aliphatic heterocycles. The summed E-state index contributed by atoms with van der Waals surface area (Å²) in [5.74, 6) is 1.77. The lowest BCUT2D eigenvalue weighted by atomic mass is 10.1. The summed E-state index contributed by atoms with van der Waals surface area (Å²) in [4.78, 5) is 0. The number of hydrogen-bond donors (Lipinski definition) is 1. The fourth-order valence-electron chi connectivity index (χ4n) is 2.93. The number of nitriles is 1. The minimum atomic E-state index is 0.133. The lowest BCUT2D eigenvalue weighted by Gasteiger charge is -2.14. The van der Waals surface area contributed by atoms with Gasteiger partial charge in [-0.25, -0.2) is 0 Å². The molecule has 1 N–H and O–H groups in total. The zero-order valence-corrected chi connectivity index (χ0v) is 11.6. The molecule has 2 aromatic rings. The normalized spacial score (nSPS) is 22.0. The maximum atomic E-state index is 9.09. The minimum absolute atomic E-state index is 0.133. The van der Waals surface area contributed by atoms with Crippen LogP contribution in [0.2, 0.25) is 0 Å². The fraction of sp³-hybridized carbons (Fsp3) is 0.438. The number of methoxy groups -OCH3 is 1. The Morgan fingerprint density at radius 2 is 2.35 bits per heavy atom. The van der Waals surface area contributed by atoms with E-state index in [-0.39, 0.29) is 12.0 Å². The molecule has 0 saturated heterocycles. The van der Waals surface area contributed by atoms with E-state index < -0.39 is 0 Å². The van der Waals surface area contributed by atoms with E-state index in [1.54, 1.807) is 7.11 Å². The average molecular weight is 270 g/mol. The Labute approximate surface area is 118 Å². The van der Waals surface area contributed by atoms with Crippen LogP contribution in [0.3, 0.4) is 0 Å². The predicted octanol–water partition coefficient (Wildman–Crippen LogP) is 3.22. The van der Waals surface area contributed by atoms with E-state index in [0.29, 0.717) is 6.54 Å². The van der Waals surface area contributed by atoms with Gasteiger partial charge in [0.15, 0.2) is 11.3 Å². The summed E-state index contributed by atoms with van der Waals surface area (Å²) in [7, 11) is 1.64. The summed E-state index contributed by atoms with van der Waals surface area (Å²) < 4.78 is 11.1. The molecule has 4 heteroatoms. The number of para-hydroxylation sites is 1. The van der Waals surface area contributed by atoms with E-state index >= 15 is 0 Å². The molecule has 1 aromatic carbocycles. The molecule has 0 radical (unpaired) electrons. The van der Waals surface area contributed by atoms with Crippen LogP contribution >= 0.6 is 0 Å². The zero-order chi connectivity index (χ0) is 13.9. The van der Waals surface area contributed by atoms with Crippen LogP contribution in [0.4, 0.5) is 0 Å². The van der Waals surface area contributed by atoms with Crippen molar-refractivity contribution in [3.05, 3.63) is 30.0 Å². The molecule has 2 unspecified atom stereocenters. The van der Waals surface area contributed by atoms with Crippen LogP contribution in [0.5, 0.6) is 5.75 Å². The Morgan fingerprint density at radius 1 is 1.45 bits per heavy atom. The van der Waals surface area contributed by atoms with Gasteiger partial charge in [0.1, 0.15) is 5.76 Å². The second-order valence-electron chi connectivity index (χ2n) is 5.25. The first kappa shape index (κ1) is 13.0. The first-order chi connectivity index (χ1) is 9.81. The number of ether oxygens (including phenoxy) is 1. The van der Waals surface area contributed by atoms with Crippen molar-refractivity contribution >= 4 is 11.0 Å². The van der Waals surface area contributed by atoms with Crippen molar-refractivity contribution in [2.24, 2.45) is 5.92 Å². The van der Waals surface area contributed by atoms with Crippen LogP contribution in [0.15, 0.2) is 28.7 Å². The Kier molecular flexibility index (Phi) is 3.62. The summed E-state index contributed by atoms with van der Waals surface area (Å²) >= 11 is 0. The number of nitrogens with zero attached hydrogens (tertiary/aromatic N) is 1. The molecule has 0 bridgehead atoms. The molecule has 0 spiro atoms. The fourth-order valence-corrected chi connectivity index (χ4v) is 2.93. The Hall–Kier alpha value is -1.99. The molecule has 1 aromatic heterocycles. The number of rotatable bonds is 4. The monoisotopic (exact) mass is 270 g/mol. The van der Waals surface area contributed by atoms with Gasteiger partial charge in [0.25, 0.3) is 0 Å². The van der Waals surface area contributed by atoms with Gasteiger partial charge in [0.2, 0.25) is 0 Å². The van der Waals surface area contributed by atoms with Crippen LogP contribution in [0.25, 0.3) is 11.0 Å². The van der Waals surface area contributed by atoms with Crippen molar-refractivity contribution in [3.63, 3.8) is 0 Å². The first-order valence-electron chi connectivity index (χ1n) is 7.00. The summed E-state index contributed by atoms with van der Waals surface area (Å²) in [6, 6.07) is 10.6. The largest absolute Gasteiger partial charge is 0.493 e. The molecular weight excluding hydrogens is 252 g/mol. The molecule has 104 valence electrons. The number of fused-ring (bicyclic) bond motifs is 1. The van der Waals surface area contributed by atoms with Crippen molar-refractivity contribution in [2.75, 3.05) is 7.11 Å². The van der Waals surface area contributed by atoms with Gasteiger partial charge < -0.3 is 14.5 Å². The minimum Gasteiger partial charge on any atom is -0.493 e. The van der Waals surface area contributed by atoms with E-state index in [2.05, 4.69) is 11.4 Å². The second kappa shape index (κ2) is 5.56. The molecule has 1 heterocycles. The first-order valence-corrected chi connectivity index (χ1v) is 7.00. The van der Waals surface area contributed by atoms with E-state index in [1.165, 1.54) is 0 Å². The summed E-state index contributed by atoms with van der Waals surface area (Å²) in [5, 5.41) is 13.6. The number of benzene rings is 1. The number of furan rings is 1. The van der Waals surface area contributed by atoms with Crippen molar-refractivity contribution in [1.29, 1.82) is 5.26 Å². The highest BCUT2D eigenvalue weighted by Gasteiger charge is 2.26. The van der Waals surface area contributed by atoms with Crippen LogP contribution in [-0.2, 0) is 6.54 Å². The Morgan fingerprint density at radius 3 is 3.15 bits per heavy atom. The third-order valence-corrected chi connectivity index (χ3v) is 4.00. The topological polar surface area (TPSA) is 58.2 Å². The molecule has 1 aliphatic carbocycles. The highest BCUT2D eigenvalue weighted by molar-refractivity contribution is 5.83. The van der Waals surface area contributed by atoms with Gasteiger partial charge in [-0.1, -0.05) is 18.6 Å². The third-order valence-electron chi connectivity index (χ3n) is 4.00. The SMILES string of the molecule is COc1cccc2cc(CNC3CCCC3C#N)oc12. The lowest BCUT2D eigenvalue weighted by molar-refractivity contribution is 0.400. The molecule has 1 aliphatic rings. The van der Waals surface area contributed by atoms with Gasteiger partial charge in [0.05, 0.1) is 25.6 Å². The predicted molar refractivity (Wildman–Crippen MR) is 76.3 cm³/mol.